The quantitative estimate of drug-likeness (QED) is 0.750. The van der Waals surface area contributed by atoms with Crippen molar-refractivity contribution in [1.29, 1.82) is 0 Å². The highest BCUT2D eigenvalue weighted by Crippen LogP contribution is 2.16. The van der Waals surface area contributed by atoms with E-state index in [1.54, 1.807) is 30.7 Å². The Morgan fingerprint density at radius 1 is 1.39 bits per heavy atom. The molecule has 1 N–H and O–H groups in total. The number of rotatable bonds is 6. The molecule has 0 saturated heterocycles. The molecule has 0 radical (unpaired) electrons. The van der Waals surface area contributed by atoms with Crippen LogP contribution in [0.2, 0.25) is 0 Å². The minimum atomic E-state index is -0.203. The highest BCUT2D eigenvalue weighted by molar-refractivity contribution is 5.78. The Labute approximate surface area is 133 Å². The van der Waals surface area contributed by atoms with Crippen molar-refractivity contribution in [2.75, 3.05) is 6.61 Å². The molecule has 118 valence electrons. The molecule has 3 aromatic heterocycles. The molecule has 0 aliphatic rings. The van der Waals surface area contributed by atoms with Gasteiger partial charge >= 0.3 is 0 Å². The lowest BCUT2D eigenvalue weighted by atomic mass is 10.1. The van der Waals surface area contributed by atoms with Gasteiger partial charge in [-0.1, -0.05) is 6.92 Å². The van der Waals surface area contributed by atoms with Gasteiger partial charge in [0, 0.05) is 24.8 Å². The van der Waals surface area contributed by atoms with E-state index in [4.69, 9.17) is 4.74 Å². The van der Waals surface area contributed by atoms with Crippen LogP contribution in [0.5, 0.6) is 5.75 Å². The number of nitrogens with one attached hydrogen (secondary N) is 1. The Kier molecular flexibility index (Phi) is 4.46. The number of pyridine rings is 1. The summed E-state index contributed by atoms with van der Waals surface area (Å²) in [6, 6.07) is 5.17. The van der Waals surface area contributed by atoms with Gasteiger partial charge < -0.3 is 10.1 Å². The zero-order valence-electron chi connectivity index (χ0n) is 12.7. The van der Waals surface area contributed by atoms with E-state index in [9.17, 15) is 4.79 Å². The maximum atomic E-state index is 12.1. The average molecular weight is 311 g/mol. The summed E-state index contributed by atoms with van der Waals surface area (Å²) in [5.41, 5.74) is 0.779. The van der Waals surface area contributed by atoms with Gasteiger partial charge in [0.15, 0.2) is 6.61 Å². The lowest BCUT2D eigenvalue weighted by Crippen LogP contribution is -2.32. The van der Waals surface area contributed by atoms with E-state index < -0.39 is 0 Å². The molecule has 0 spiro atoms. The monoisotopic (exact) mass is 311 g/mol. The number of carbonyl (C=O) groups excluding carboxylic acids is 1. The van der Waals surface area contributed by atoms with Crippen LogP contribution in [0.4, 0.5) is 0 Å². The molecule has 0 fully saturated rings. The van der Waals surface area contributed by atoms with Crippen molar-refractivity contribution in [3.63, 3.8) is 0 Å². The van der Waals surface area contributed by atoms with Crippen LogP contribution in [0.25, 0.3) is 5.78 Å². The highest BCUT2D eigenvalue weighted by Gasteiger charge is 2.16. The summed E-state index contributed by atoms with van der Waals surface area (Å²) >= 11 is 0. The van der Waals surface area contributed by atoms with Gasteiger partial charge in [-0.2, -0.15) is 0 Å². The van der Waals surface area contributed by atoms with Gasteiger partial charge in [0.1, 0.15) is 5.75 Å². The van der Waals surface area contributed by atoms with Crippen molar-refractivity contribution in [1.82, 2.24) is 24.7 Å². The Bertz CT molecular complexity index is 754. The lowest BCUT2D eigenvalue weighted by Gasteiger charge is -2.14. The minimum absolute atomic E-state index is 0.0617. The standard InChI is InChI=1S/C16H17N5O2/c1-2-13(14-10-21-8-4-7-18-16(21)20-14)19-15(22)11-23-12-5-3-6-17-9-12/h3-10,13H,2,11H2,1H3,(H,19,22). The zero-order valence-corrected chi connectivity index (χ0v) is 12.7. The van der Waals surface area contributed by atoms with E-state index in [2.05, 4.69) is 20.3 Å². The summed E-state index contributed by atoms with van der Waals surface area (Å²) in [5.74, 6) is 0.972. The molecule has 0 saturated carbocycles. The molecule has 0 bridgehead atoms. The van der Waals surface area contributed by atoms with Crippen molar-refractivity contribution < 1.29 is 9.53 Å². The molecule has 3 rings (SSSR count). The number of aromatic nitrogens is 4. The first-order chi connectivity index (χ1) is 11.3. The molecule has 7 heteroatoms. The van der Waals surface area contributed by atoms with Crippen molar-refractivity contribution in [2.24, 2.45) is 0 Å². The molecule has 23 heavy (non-hydrogen) atoms. The van der Waals surface area contributed by atoms with Crippen molar-refractivity contribution in [3.8, 4) is 5.75 Å². The summed E-state index contributed by atoms with van der Waals surface area (Å²) in [6.07, 6.45) is 9.38. The number of hydrogen-bond donors (Lipinski definition) is 1. The van der Waals surface area contributed by atoms with Crippen LogP contribution in [0, 0.1) is 0 Å². The first kappa shape index (κ1) is 15.0. The highest BCUT2D eigenvalue weighted by atomic mass is 16.5. The van der Waals surface area contributed by atoms with Gasteiger partial charge in [0.25, 0.3) is 5.91 Å². The number of ether oxygens (including phenoxy) is 1. The fourth-order valence-corrected chi connectivity index (χ4v) is 2.22. The predicted molar refractivity (Wildman–Crippen MR) is 83.9 cm³/mol. The molecule has 1 atom stereocenters. The number of imidazole rings is 1. The van der Waals surface area contributed by atoms with Crippen LogP contribution in [0.1, 0.15) is 25.1 Å². The number of amides is 1. The van der Waals surface area contributed by atoms with Crippen molar-refractivity contribution in [3.05, 3.63) is 54.9 Å². The smallest absolute Gasteiger partial charge is 0.258 e. The third-order valence-electron chi connectivity index (χ3n) is 3.36. The Hall–Kier alpha value is -2.96. The van der Waals surface area contributed by atoms with E-state index in [-0.39, 0.29) is 18.6 Å². The number of fused-ring (bicyclic) bond motifs is 1. The summed E-state index contributed by atoms with van der Waals surface area (Å²) in [5, 5.41) is 2.93. The average Bonchev–Trinajstić information content (AvgIpc) is 3.02. The van der Waals surface area contributed by atoms with Gasteiger partial charge in [0.2, 0.25) is 5.78 Å². The molecule has 3 aromatic rings. The first-order valence-corrected chi connectivity index (χ1v) is 7.38. The second kappa shape index (κ2) is 6.87. The first-order valence-electron chi connectivity index (χ1n) is 7.38. The summed E-state index contributed by atoms with van der Waals surface area (Å²) in [7, 11) is 0. The van der Waals surface area contributed by atoms with Crippen molar-refractivity contribution in [2.45, 2.75) is 19.4 Å². The molecule has 1 unspecified atom stereocenters. The van der Waals surface area contributed by atoms with Crippen LogP contribution in [0.15, 0.2) is 49.2 Å². The van der Waals surface area contributed by atoms with E-state index in [1.165, 1.54) is 0 Å². The van der Waals surface area contributed by atoms with Crippen molar-refractivity contribution >= 4 is 11.7 Å². The summed E-state index contributed by atoms with van der Waals surface area (Å²) in [6.45, 7) is 1.93. The third-order valence-corrected chi connectivity index (χ3v) is 3.36. The third kappa shape index (κ3) is 3.63. The van der Waals surface area contributed by atoms with E-state index in [0.717, 1.165) is 12.1 Å². The molecule has 0 aromatic carbocycles. The Morgan fingerprint density at radius 2 is 2.30 bits per heavy atom. The zero-order chi connectivity index (χ0) is 16.1. The Balaban J connectivity index is 1.63. The van der Waals surface area contributed by atoms with Gasteiger partial charge in [-0.25, -0.2) is 9.97 Å². The summed E-state index contributed by atoms with van der Waals surface area (Å²) < 4.78 is 7.23. The Morgan fingerprint density at radius 3 is 3.04 bits per heavy atom. The van der Waals surface area contributed by atoms with Gasteiger partial charge in [-0.3, -0.25) is 14.2 Å². The normalized spacial score (nSPS) is 12.0. The maximum absolute atomic E-state index is 12.1. The SMILES string of the molecule is CCC(NC(=O)COc1cccnc1)c1cn2cccnc2n1. The van der Waals surface area contributed by atoms with Gasteiger partial charge in [-0.05, 0) is 24.6 Å². The van der Waals surface area contributed by atoms with E-state index in [1.807, 2.05) is 29.8 Å². The number of hydrogen-bond acceptors (Lipinski definition) is 5. The maximum Gasteiger partial charge on any atom is 0.258 e. The molecular weight excluding hydrogens is 294 g/mol. The van der Waals surface area contributed by atoms with E-state index >= 15 is 0 Å². The number of carbonyl (C=O) groups is 1. The van der Waals surface area contributed by atoms with Gasteiger partial charge in [-0.15, -0.1) is 0 Å². The molecule has 7 nitrogen and oxygen atoms in total. The molecule has 0 aliphatic carbocycles. The largest absolute Gasteiger partial charge is 0.482 e. The van der Waals surface area contributed by atoms with Crippen LogP contribution < -0.4 is 10.1 Å². The summed E-state index contributed by atoms with van der Waals surface area (Å²) in [4.78, 5) is 24.6. The number of nitrogens with zero attached hydrogens (tertiary/aromatic N) is 4. The molecule has 1 amide bonds. The van der Waals surface area contributed by atoms with Crippen LogP contribution >= 0.6 is 0 Å². The minimum Gasteiger partial charge on any atom is -0.482 e. The molecule has 3 heterocycles. The van der Waals surface area contributed by atoms with Crippen LogP contribution in [-0.4, -0.2) is 31.9 Å². The molecular formula is C16H17N5O2. The van der Waals surface area contributed by atoms with Crippen LogP contribution in [0.3, 0.4) is 0 Å². The second-order valence-corrected chi connectivity index (χ2v) is 5.00. The van der Waals surface area contributed by atoms with E-state index in [0.29, 0.717) is 11.5 Å². The fourth-order valence-electron chi connectivity index (χ4n) is 2.22. The second-order valence-electron chi connectivity index (χ2n) is 5.00. The van der Waals surface area contributed by atoms with Gasteiger partial charge in [0.05, 0.1) is 17.9 Å². The lowest BCUT2D eigenvalue weighted by molar-refractivity contribution is -0.123. The van der Waals surface area contributed by atoms with Crippen LogP contribution in [-0.2, 0) is 4.79 Å². The topological polar surface area (TPSA) is 81.4 Å². The fraction of sp³-hybridized carbons (Fsp3) is 0.250. The predicted octanol–water partition coefficient (Wildman–Crippen LogP) is 1.77. The molecule has 0 aliphatic heterocycles.